The van der Waals surface area contributed by atoms with E-state index in [0.717, 1.165) is 12.1 Å². The zero-order valence-corrected chi connectivity index (χ0v) is 15.2. The Hall–Kier alpha value is -4.07. The lowest BCUT2D eigenvalue weighted by Gasteiger charge is -2.22. The van der Waals surface area contributed by atoms with Gasteiger partial charge in [-0.15, -0.1) is 0 Å². The van der Waals surface area contributed by atoms with Crippen LogP contribution in [-0.4, -0.2) is 45.1 Å². The molecule has 8 nitrogen and oxygen atoms in total. The minimum atomic E-state index is -1.28. The van der Waals surface area contributed by atoms with E-state index in [9.17, 15) is 34.8 Å². The third-order valence-corrected chi connectivity index (χ3v) is 5.09. The summed E-state index contributed by atoms with van der Waals surface area (Å²) < 4.78 is 5.13. The number of aromatic carboxylic acids is 1. The second kappa shape index (κ2) is 5.96. The second-order valence-corrected chi connectivity index (χ2v) is 6.68. The van der Waals surface area contributed by atoms with Crippen LogP contribution < -0.4 is 4.74 Å². The van der Waals surface area contributed by atoms with Crippen LogP contribution in [0.3, 0.4) is 0 Å². The average Bonchev–Trinajstić information content (AvgIpc) is 2.64. The van der Waals surface area contributed by atoms with Crippen LogP contribution >= 0.6 is 0 Å². The van der Waals surface area contributed by atoms with Crippen molar-refractivity contribution in [2.75, 3.05) is 7.11 Å². The van der Waals surface area contributed by atoms with Crippen LogP contribution in [0.2, 0.25) is 0 Å². The molecule has 4 rings (SSSR count). The molecule has 0 amide bonds. The first-order valence-electron chi connectivity index (χ1n) is 8.43. The molecule has 0 aliphatic heterocycles. The number of carboxylic acids is 1. The van der Waals surface area contributed by atoms with E-state index >= 15 is 0 Å². The van der Waals surface area contributed by atoms with Crippen molar-refractivity contribution in [1.82, 2.24) is 0 Å². The molecule has 3 aromatic carbocycles. The number of ketones is 2. The summed E-state index contributed by atoms with van der Waals surface area (Å²) in [6.07, 6.45) is 0. The Bertz CT molecular complexity index is 1290. The maximum Gasteiger partial charge on any atom is 0.339 e. The summed E-state index contributed by atoms with van der Waals surface area (Å²) >= 11 is 0. The molecule has 0 unspecified atom stereocenters. The topological polar surface area (TPSA) is 141 Å². The Morgan fingerprint density at radius 2 is 1.59 bits per heavy atom. The van der Waals surface area contributed by atoms with Gasteiger partial charge < -0.3 is 25.2 Å². The Balaban J connectivity index is 2.14. The predicted molar refractivity (Wildman–Crippen MR) is 100 cm³/mol. The lowest BCUT2D eigenvalue weighted by atomic mass is 9.80. The second-order valence-electron chi connectivity index (χ2n) is 6.68. The van der Waals surface area contributed by atoms with Crippen molar-refractivity contribution in [2.45, 2.75) is 6.92 Å². The number of carbonyl (C=O) groups is 3. The summed E-state index contributed by atoms with van der Waals surface area (Å²) in [4.78, 5) is 37.6. The van der Waals surface area contributed by atoms with E-state index in [-0.39, 0.29) is 50.3 Å². The Morgan fingerprint density at radius 3 is 2.21 bits per heavy atom. The molecule has 0 saturated carbocycles. The first kappa shape index (κ1) is 18.3. The Morgan fingerprint density at radius 1 is 0.931 bits per heavy atom. The van der Waals surface area contributed by atoms with Crippen LogP contribution in [-0.2, 0) is 0 Å². The molecule has 0 saturated heterocycles. The minimum absolute atomic E-state index is 0.0344. The standard InChI is InChI=1S/C21H14O8/c1-7-14-8(4-13(29-2)15(7)21(27)28)3-10-17(19(14)25)20(26)16-11(18(10)24)5-9(22)6-12(16)23/h3-6,22-23,25H,1-2H3,(H,27,28). The van der Waals surface area contributed by atoms with Gasteiger partial charge in [0.05, 0.1) is 18.2 Å². The number of rotatable bonds is 2. The fraction of sp³-hybridized carbons (Fsp3) is 0.0952. The number of carboxylic acid groups (broad SMARTS) is 1. The largest absolute Gasteiger partial charge is 0.508 e. The quantitative estimate of drug-likeness (QED) is 0.407. The molecule has 0 atom stereocenters. The Kier molecular flexibility index (Phi) is 3.76. The van der Waals surface area contributed by atoms with E-state index in [4.69, 9.17) is 4.74 Å². The third kappa shape index (κ3) is 2.35. The van der Waals surface area contributed by atoms with E-state index in [1.54, 1.807) is 0 Å². The van der Waals surface area contributed by atoms with Gasteiger partial charge in [-0.25, -0.2) is 4.79 Å². The number of phenols is 3. The van der Waals surface area contributed by atoms with Gasteiger partial charge in [0.2, 0.25) is 5.78 Å². The molecule has 8 heteroatoms. The summed E-state index contributed by atoms with van der Waals surface area (Å²) in [5, 5.41) is 40.5. The number of hydrogen-bond acceptors (Lipinski definition) is 7. The number of hydrogen-bond donors (Lipinski definition) is 4. The third-order valence-electron chi connectivity index (χ3n) is 5.09. The summed E-state index contributed by atoms with van der Waals surface area (Å²) in [5.74, 6) is -4.26. The van der Waals surface area contributed by atoms with Gasteiger partial charge in [-0.1, -0.05) is 0 Å². The molecule has 4 N–H and O–H groups in total. The molecule has 1 aliphatic rings. The van der Waals surface area contributed by atoms with Crippen molar-refractivity contribution >= 4 is 28.3 Å². The maximum absolute atomic E-state index is 13.0. The van der Waals surface area contributed by atoms with Gasteiger partial charge in [0.15, 0.2) is 5.78 Å². The van der Waals surface area contributed by atoms with Gasteiger partial charge in [-0.2, -0.15) is 0 Å². The predicted octanol–water partition coefficient (Wildman–Crippen LogP) is 2.75. The summed E-state index contributed by atoms with van der Waals surface area (Å²) in [6.45, 7) is 1.46. The summed E-state index contributed by atoms with van der Waals surface area (Å²) in [6, 6.07) is 4.71. The van der Waals surface area contributed by atoms with Crippen molar-refractivity contribution < 1.29 is 39.5 Å². The van der Waals surface area contributed by atoms with Gasteiger partial charge in [-0.3, -0.25) is 9.59 Å². The Labute approximate surface area is 163 Å². The van der Waals surface area contributed by atoms with Crippen LogP contribution in [0.15, 0.2) is 24.3 Å². The highest BCUT2D eigenvalue weighted by Crippen LogP contribution is 2.44. The normalized spacial score (nSPS) is 12.6. The lowest BCUT2D eigenvalue weighted by molar-refractivity contribution is 0.0692. The van der Waals surface area contributed by atoms with E-state index in [1.165, 1.54) is 26.2 Å². The summed E-state index contributed by atoms with van der Waals surface area (Å²) in [7, 11) is 1.29. The van der Waals surface area contributed by atoms with Crippen molar-refractivity contribution in [1.29, 1.82) is 0 Å². The molecule has 0 bridgehead atoms. The van der Waals surface area contributed by atoms with E-state index < -0.39 is 29.0 Å². The monoisotopic (exact) mass is 394 g/mol. The van der Waals surface area contributed by atoms with Crippen LogP contribution in [0.5, 0.6) is 23.0 Å². The number of methoxy groups -OCH3 is 1. The zero-order chi connectivity index (χ0) is 21.2. The molecular weight excluding hydrogens is 380 g/mol. The molecular formula is C21H14O8. The highest BCUT2D eigenvalue weighted by atomic mass is 16.5. The number of phenolic OH excluding ortho intramolecular Hbond substituents is 3. The molecule has 29 heavy (non-hydrogen) atoms. The van der Waals surface area contributed by atoms with Crippen molar-refractivity contribution in [3.05, 3.63) is 57.6 Å². The molecule has 3 aromatic rings. The molecule has 0 heterocycles. The highest BCUT2D eigenvalue weighted by Gasteiger charge is 2.36. The van der Waals surface area contributed by atoms with Gasteiger partial charge in [0.1, 0.15) is 28.6 Å². The van der Waals surface area contributed by atoms with Gasteiger partial charge in [-0.05, 0) is 36.1 Å². The molecule has 0 fully saturated rings. The molecule has 0 aromatic heterocycles. The molecule has 1 aliphatic carbocycles. The summed E-state index contributed by atoms with van der Waals surface area (Å²) in [5.41, 5.74) is -1.00. The average molecular weight is 394 g/mol. The lowest BCUT2D eigenvalue weighted by Crippen LogP contribution is -2.21. The van der Waals surface area contributed by atoms with E-state index in [0.29, 0.717) is 5.39 Å². The highest BCUT2D eigenvalue weighted by molar-refractivity contribution is 6.32. The first-order chi connectivity index (χ1) is 13.7. The number of aromatic hydroxyl groups is 3. The van der Waals surface area contributed by atoms with E-state index in [1.807, 2.05) is 0 Å². The smallest absolute Gasteiger partial charge is 0.339 e. The van der Waals surface area contributed by atoms with Crippen LogP contribution in [0, 0.1) is 6.92 Å². The van der Waals surface area contributed by atoms with E-state index in [2.05, 4.69) is 0 Å². The number of aryl methyl sites for hydroxylation is 1. The molecule has 146 valence electrons. The van der Waals surface area contributed by atoms with Crippen LogP contribution in [0.4, 0.5) is 0 Å². The van der Waals surface area contributed by atoms with Crippen LogP contribution in [0.1, 0.15) is 47.8 Å². The zero-order valence-electron chi connectivity index (χ0n) is 15.2. The fourth-order valence-corrected chi connectivity index (χ4v) is 3.86. The van der Waals surface area contributed by atoms with Crippen molar-refractivity contribution in [2.24, 2.45) is 0 Å². The number of carbonyl (C=O) groups excluding carboxylic acids is 2. The molecule has 0 spiro atoms. The maximum atomic E-state index is 13.0. The van der Waals surface area contributed by atoms with Gasteiger partial charge in [0.25, 0.3) is 0 Å². The minimum Gasteiger partial charge on any atom is -0.508 e. The van der Waals surface area contributed by atoms with Crippen molar-refractivity contribution in [3.8, 4) is 23.0 Å². The van der Waals surface area contributed by atoms with Gasteiger partial charge >= 0.3 is 5.97 Å². The van der Waals surface area contributed by atoms with Crippen molar-refractivity contribution in [3.63, 3.8) is 0 Å². The first-order valence-corrected chi connectivity index (χ1v) is 8.43. The van der Waals surface area contributed by atoms with Gasteiger partial charge in [0, 0.05) is 22.6 Å². The number of fused-ring (bicyclic) bond motifs is 3. The number of benzene rings is 3. The SMILES string of the molecule is COc1cc2cc3c(c(O)c2c(C)c1C(=O)O)C(=O)c1c(O)cc(O)cc1C3=O. The number of ether oxygens (including phenoxy) is 1. The molecule has 0 radical (unpaired) electrons. The van der Waals surface area contributed by atoms with Crippen LogP contribution in [0.25, 0.3) is 10.8 Å². The fourth-order valence-electron chi connectivity index (χ4n) is 3.86.